The highest BCUT2D eigenvalue weighted by Crippen LogP contribution is 2.41. The topological polar surface area (TPSA) is 25.6 Å². The van der Waals surface area contributed by atoms with Crippen LogP contribution in [-0.2, 0) is 0 Å². The molecule has 3 heterocycles. The molecule has 0 saturated carbocycles. The van der Waals surface area contributed by atoms with Gasteiger partial charge in [0.05, 0.1) is 27.5 Å². The van der Waals surface area contributed by atoms with Gasteiger partial charge in [-0.2, -0.15) is 0 Å². The van der Waals surface area contributed by atoms with E-state index < -0.39 is 0 Å². The number of nitrogens with zero attached hydrogens (tertiary/aromatic N) is 2. The first-order valence-corrected chi connectivity index (χ1v) is 14.5. The lowest BCUT2D eigenvalue weighted by Gasteiger charge is -2.13. The molecule has 1 N–H and O–H groups in total. The van der Waals surface area contributed by atoms with Crippen LogP contribution in [0.3, 0.4) is 0 Å². The molecule has 0 spiro atoms. The molecule has 0 aliphatic carbocycles. The number of para-hydroxylation sites is 3. The molecule has 0 fully saturated rings. The lowest BCUT2D eigenvalue weighted by molar-refractivity contribution is 1.13. The number of H-pyrrole nitrogens is 1. The molecule has 3 nitrogen and oxygen atoms in total. The summed E-state index contributed by atoms with van der Waals surface area (Å²) >= 11 is 0. The lowest BCUT2D eigenvalue weighted by Crippen LogP contribution is -1.98. The highest BCUT2D eigenvalue weighted by Gasteiger charge is 2.18. The predicted octanol–water partition coefficient (Wildman–Crippen LogP) is 10.7. The second-order valence-corrected chi connectivity index (χ2v) is 11.2. The Balaban J connectivity index is 1.41. The first-order chi connectivity index (χ1) is 23.0. The Kier molecular flexibility index (Phi) is 3.77. The Hall–Kier alpha value is -5.80. The van der Waals surface area contributed by atoms with E-state index in [9.17, 15) is 2.74 Å². The Labute approximate surface area is 252 Å². The number of rotatable bonds is 2. The van der Waals surface area contributed by atoms with E-state index in [1.54, 1.807) is 0 Å². The maximum atomic E-state index is 9.82. The third kappa shape index (κ3) is 3.08. The summed E-state index contributed by atoms with van der Waals surface area (Å²) in [6.07, 6.45) is 0. The van der Waals surface area contributed by atoms with Gasteiger partial charge in [0.15, 0.2) is 0 Å². The number of hydrogen-bond acceptors (Lipinski definition) is 0. The average molecular weight is 552 g/mol. The van der Waals surface area contributed by atoms with Crippen molar-refractivity contribution in [3.63, 3.8) is 0 Å². The summed E-state index contributed by atoms with van der Waals surface area (Å²) in [7, 11) is 0. The van der Waals surface area contributed by atoms with Crippen LogP contribution in [0.15, 0.2) is 145 Å². The largest absolute Gasteiger partial charge is 0.354 e. The molecule has 0 radical (unpaired) electrons. The summed E-state index contributed by atoms with van der Waals surface area (Å²) in [5, 5.41) is 8.47. The lowest BCUT2D eigenvalue weighted by atomic mass is 10.0. The van der Waals surface area contributed by atoms with Crippen LogP contribution in [-0.4, -0.2) is 14.1 Å². The molecule has 10 rings (SSSR count). The van der Waals surface area contributed by atoms with Crippen molar-refractivity contribution in [1.29, 1.82) is 0 Å². The zero-order valence-electron chi connectivity index (χ0n) is 26.9. The van der Waals surface area contributed by atoms with E-state index in [-0.39, 0.29) is 29.9 Å². The SMILES string of the molecule is [2H]c1c([2H])c(-n2c3ccccc3c3ccccc32)c([2H])c(-n2c3cc4[nH]c5ccccc5c4cc3c3c4ccccc4ccc32)c1[2H]. The molecule has 0 unspecified atom stereocenters. The van der Waals surface area contributed by atoms with E-state index >= 15 is 0 Å². The van der Waals surface area contributed by atoms with Gasteiger partial charge in [-0.3, -0.25) is 0 Å². The Bertz CT molecular complexity index is 2910. The maximum Gasteiger partial charge on any atom is 0.0667 e. The van der Waals surface area contributed by atoms with Crippen LogP contribution < -0.4 is 0 Å². The van der Waals surface area contributed by atoms with Crippen molar-refractivity contribution in [1.82, 2.24) is 14.1 Å². The van der Waals surface area contributed by atoms with Gasteiger partial charge in [0.2, 0.25) is 0 Å². The predicted molar refractivity (Wildman–Crippen MR) is 182 cm³/mol. The maximum absolute atomic E-state index is 9.82. The molecule has 0 bridgehead atoms. The van der Waals surface area contributed by atoms with E-state index in [0.29, 0.717) is 5.69 Å². The zero-order chi connectivity index (χ0) is 31.6. The minimum absolute atomic E-state index is 0.0335. The summed E-state index contributed by atoms with van der Waals surface area (Å²) in [6.45, 7) is 0. The van der Waals surface area contributed by atoms with Crippen molar-refractivity contribution in [3.8, 4) is 11.4 Å². The fraction of sp³-hybridized carbons (Fsp3) is 0. The van der Waals surface area contributed by atoms with E-state index in [2.05, 4.69) is 53.5 Å². The smallest absolute Gasteiger partial charge is 0.0667 e. The van der Waals surface area contributed by atoms with E-state index in [1.165, 1.54) is 0 Å². The molecule has 0 saturated heterocycles. The Morgan fingerprint density at radius 3 is 1.86 bits per heavy atom. The van der Waals surface area contributed by atoms with Gasteiger partial charge in [-0.1, -0.05) is 91.0 Å². The van der Waals surface area contributed by atoms with Crippen molar-refractivity contribution in [2.24, 2.45) is 0 Å². The van der Waals surface area contributed by atoms with Gasteiger partial charge in [-0.25, -0.2) is 0 Å². The van der Waals surface area contributed by atoms with E-state index in [1.807, 2.05) is 81.9 Å². The van der Waals surface area contributed by atoms with Crippen molar-refractivity contribution >= 4 is 76.2 Å². The first kappa shape index (κ1) is 19.3. The molecule has 0 aliphatic heterocycles. The normalized spacial score (nSPS) is 13.5. The summed E-state index contributed by atoms with van der Waals surface area (Å²) in [4.78, 5) is 3.58. The number of nitrogens with one attached hydrogen (secondary N) is 1. The fourth-order valence-electron chi connectivity index (χ4n) is 7.08. The van der Waals surface area contributed by atoms with Crippen LogP contribution in [0, 0.1) is 0 Å². The quantitative estimate of drug-likeness (QED) is 0.221. The summed E-state index contributed by atoms with van der Waals surface area (Å²) in [6, 6.07) is 40.5. The van der Waals surface area contributed by atoms with E-state index in [0.717, 1.165) is 76.2 Å². The van der Waals surface area contributed by atoms with Crippen LogP contribution in [0.1, 0.15) is 5.48 Å². The van der Waals surface area contributed by atoms with Crippen molar-refractivity contribution in [3.05, 3.63) is 145 Å². The average Bonchev–Trinajstić information content (AvgIpc) is 3.74. The fourth-order valence-corrected chi connectivity index (χ4v) is 7.08. The molecule has 0 amide bonds. The molecule has 43 heavy (non-hydrogen) atoms. The number of hydrogen-bond donors (Lipinski definition) is 1. The molecule has 3 aromatic heterocycles. The van der Waals surface area contributed by atoms with Gasteiger partial charge in [0, 0.05) is 54.7 Å². The summed E-state index contributed by atoms with van der Waals surface area (Å²) < 4.78 is 41.3. The van der Waals surface area contributed by atoms with E-state index in [4.69, 9.17) is 2.74 Å². The van der Waals surface area contributed by atoms with Crippen molar-refractivity contribution in [2.75, 3.05) is 0 Å². The van der Waals surface area contributed by atoms with Gasteiger partial charge in [-0.15, -0.1) is 0 Å². The second kappa shape index (κ2) is 8.37. The number of aromatic amines is 1. The minimum Gasteiger partial charge on any atom is -0.354 e. The van der Waals surface area contributed by atoms with Crippen LogP contribution in [0.2, 0.25) is 0 Å². The minimum atomic E-state index is -0.213. The second-order valence-electron chi connectivity index (χ2n) is 11.2. The molecular weight excluding hydrogens is 522 g/mol. The van der Waals surface area contributed by atoms with Gasteiger partial charge in [-0.05, 0) is 65.3 Å². The molecular formula is C40H25N3. The van der Waals surface area contributed by atoms with Crippen LogP contribution in [0.4, 0.5) is 0 Å². The molecule has 10 aromatic rings. The molecule has 3 heteroatoms. The van der Waals surface area contributed by atoms with Gasteiger partial charge in [0.1, 0.15) is 0 Å². The van der Waals surface area contributed by atoms with Crippen molar-refractivity contribution < 1.29 is 5.48 Å². The third-order valence-electron chi connectivity index (χ3n) is 8.91. The monoisotopic (exact) mass is 551 g/mol. The highest BCUT2D eigenvalue weighted by molar-refractivity contribution is 6.25. The molecule has 0 aliphatic rings. The summed E-state index contributed by atoms with van der Waals surface area (Å²) in [5.41, 5.74) is 5.97. The van der Waals surface area contributed by atoms with Crippen LogP contribution in [0.5, 0.6) is 0 Å². The summed E-state index contributed by atoms with van der Waals surface area (Å²) in [5.74, 6) is 0. The molecule has 200 valence electrons. The first-order valence-electron chi connectivity index (χ1n) is 16.5. The molecule has 7 aromatic carbocycles. The van der Waals surface area contributed by atoms with Crippen LogP contribution in [0.25, 0.3) is 87.6 Å². The third-order valence-corrected chi connectivity index (χ3v) is 8.91. The standard InChI is InChI=1S/C40H25N3/c1-2-13-28-25(10-1)20-21-38-40(28)33-23-32-29-14-3-6-17-34(29)41-35(32)24-39(33)43(38)27-12-9-11-26(22-27)42-36-18-7-4-15-30(36)31-16-5-8-19-37(31)42/h1-24,41H/i9D,11D,12D,22D. The number of fused-ring (bicyclic) bond motifs is 11. The zero-order valence-corrected chi connectivity index (χ0v) is 22.9. The van der Waals surface area contributed by atoms with Gasteiger partial charge < -0.3 is 14.1 Å². The highest BCUT2D eigenvalue weighted by atomic mass is 15.0. The van der Waals surface area contributed by atoms with Crippen molar-refractivity contribution in [2.45, 2.75) is 0 Å². The van der Waals surface area contributed by atoms with Crippen LogP contribution >= 0.6 is 0 Å². The Morgan fingerprint density at radius 1 is 0.465 bits per heavy atom. The Morgan fingerprint density at radius 2 is 1.09 bits per heavy atom. The molecule has 0 atom stereocenters. The number of aromatic nitrogens is 3. The van der Waals surface area contributed by atoms with Gasteiger partial charge >= 0.3 is 0 Å². The number of benzene rings is 7. The van der Waals surface area contributed by atoms with Gasteiger partial charge in [0.25, 0.3) is 0 Å².